The van der Waals surface area contributed by atoms with Gasteiger partial charge < -0.3 is 20.6 Å². The number of fused-ring (bicyclic) bond motifs is 2. The number of para-hydroxylation sites is 1. The highest BCUT2D eigenvalue weighted by Crippen LogP contribution is 2.40. The number of anilines is 2. The molecule has 8 nitrogen and oxygen atoms in total. The number of aliphatic hydroxyl groups excluding tert-OH is 1. The number of piperazine rings is 1. The Morgan fingerprint density at radius 3 is 2.48 bits per heavy atom. The maximum absolute atomic E-state index is 12.9. The van der Waals surface area contributed by atoms with E-state index >= 15 is 0 Å². The van der Waals surface area contributed by atoms with Crippen LogP contribution < -0.4 is 10.6 Å². The van der Waals surface area contributed by atoms with Gasteiger partial charge in [-0.3, -0.25) is 14.6 Å². The van der Waals surface area contributed by atoms with Crippen LogP contribution in [0.4, 0.5) is 11.4 Å². The molecule has 5 rings (SSSR count). The van der Waals surface area contributed by atoms with E-state index in [1.165, 1.54) is 0 Å². The third kappa shape index (κ3) is 4.54. The molecule has 2 aromatic carbocycles. The van der Waals surface area contributed by atoms with Gasteiger partial charge in [0.1, 0.15) is 12.3 Å². The largest absolute Gasteiger partial charge is 0.395 e. The van der Waals surface area contributed by atoms with Crippen LogP contribution in [-0.2, 0) is 9.63 Å². The van der Waals surface area contributed by atoms with Crippen LogP contribution in [0, 0.1) is 0 Å². The van der Waals surface area contributed by atoms with Gasteiger partial charge in [-0.25, -0.2) is 0 Å². The molecule has 1 fully saturated rings. The zero-order chi connectivity index (χ0) is 22.8. The van der Waals surface area contributed by atoms with Crippen molar-refractivity contribution in [2.24, 2.45) is 5.16 Å². The number of halogens is 1. The zero-order valence-corrected chi connectivity index (χ0v) is 19.8. The molecule has 3 N–H and O–H groups in total. The first-order valence-corrected chi connectivity index (χ1v) is 11.9. The van der Waals surface area contributed by atoms with Crippen molar-refractivity contribution in [2.75, 3.05) is 63.1 Å². The number of benzene rings is 2. The van der Waals surface area contributed by atoms with Crippen LogP contribution in [-0.4, -0.2) is 79.0 Å². The molecule has 3 aliphatic heterocycles. The van der Waals surface area contributed by atoms with Crippen LogP contribution in [0.1, 0.15) is 11.1 Å². The van der Waals surface area contributed by atoms with E-state index in [4.69, 9.17) is 9.94 Å². The van der Waals surface area contributed by atoms with Gasteiger partial charge in [0.05, 0.1) is 17.9 Å². The number of allylic oxidation sites excluding steroid dienone is 1. The molecule has 9 heteroatoms. The summed E-state index contributed by atoms with van der Waals surface area (Å²) in [5.41, 5.74) is 5.28. The Morgan fingerprint density at radius 2 is 1.70 bits per heavy atom. The Morgan fingerprint density at radius 1 is 0.970 bits per heavy atom. The molecule has 0 radical (unpaired) electrons. The number of aliphatic hydroxyl groups is 1. The minimum atomic E-state index is -0.160. The molecule has 172 valence electrons. The Balaban J connectivity index is 1.35. The van der Waals surface area contributed by atoms with Crippen LogP contribution in [0.5, 0.6) is 0 Å². The Bertz CT molecular complexity index is 1120. The third-order valence-electron chi connectivity index (χ3n) is 6.19. The summed E-state index contributed by atoms with van der Waals surface area (Å²) in [5, 5.41) is 19.9. The molecule has 0 bridgehead atoms. The first-order chi connectivity index (χ1) is 16.1. The molecule has 0 atom stereocenters. The number of carbonyl (C=O) groups excluding carboxylic acids is 1. The standard InChI is InChI=1S/C24H26BrN5O3/c25-16-5-6-20-18(15-16)21(24(32)27-20)23-22(17-3-1-2-4-19(17)26-23)28-33-14-12-30-9-7-29(8-10-30)11-13-31/h1-6,15,26,31H,7-14H2,(H,27,32)/b23-21-,28-22+. The van der Waals surface area contributed by atoms with Gasteiger partial charge in [0.2, 0.25) is 0 Å². The van der Waals surface area contributed by atoms with Crippen LogP contribution in [0.15, 0.2) is 57.8 Å². The summed E-state index contributed by atoms with van der Waals surface area (Å²) in [6.07, 6.45) is 0. The van der Waals surface area contributed by atoms with Crippen molar-refractivity contribution >= 4 is 44.5 Å². The van der Waals surface area contributed by atoms with Gasteiger partial charge in [-0.05, 0) is 24.3 Å². The number of nitrogens with zero attached hydrogens (tertiary/aromatic N) is 3. The van der Waals surface area contributed by atoms with Crippen molar-refractivity contribution < 1.29 is 14.7 Å². The maximum atomic E-state index is 12.9. The number of rotatable bonds is 6. The fourth-order valence-electron chi connectivity index (χ4n) is 4.45. The maximum Gasteiger partial charge on any atom is 0.258 e. The molecule has 0 unspecified atom stereocenters. The topological polar surface area (TPSA) is 89.4 Å². The summed E-state index contributed by atoms with van der Waals surface area (Å²) in [6, 6.07) is 13.6. The molecule has 0 spiro atoms. The average Bonchev–Trinajstić information content (AvgIpc) is 3.34. The number of carbonyl (C=O) groups is 1. The predicted molar refractivity (Wildman–Crippen MR) is 132 cm³/mol. The lowest BCUT2D eigenvalue weighted by Crippen LogP contribution is -2.47. The monoisotopic (exact) mass is 511 g/mol. The molecule has 1 amide bonds. The number of hydrogen-bond donors (Lipinski definition) is 3. The predicted octanol–water partition coefficient (Wildman–Crippen LogP) is 2.57. The lowest BCUT2D eigenvalue weighted by atomic mass is 10.0. The van der Waals surface area contributed by atoms with Crippen molar-refractivity contribution in [1.82, 2.24) is 9.80 Å². The molecule has 2 aromatic rings. The first-order valence-electron chi connectivity index (χ1n) is 11.1. The van der Waals surface area contributed by atoms with Crippen molar-refractivity contribution in [2.45, 2.75) is 0 Å². The highest BCUT2D eigenvalue weighted by Gasteiger charge is 2.34. The van der Waals surface area contributed by atoms with Gasteiger partial charge in [0, 0.05) is 66.2 Å². The van der Waals surface area contributed by atoms with Gasteiger partial charge in [-0.2, -0.15) is 0 Å². The van der Waals surface area contributed by atoms with Crippen LogP contribution >= 0.6 is 15.9 Å². The van der Waals surface area contributed by atoms with Crippen molar-refractivity contribution in [3.05, 3.63) is 63.8 Å². The molecular weight excluding hydrogens is 486 g/mol. The van der Waals surface area contributed by atoms with E-state index in [0.29, 0.717) is 23.6 Å². The van der Waals surface area contributed by atoms with E-state index in [-0.39, 0.29) is 12.5 Å². The summed E-state index contributed by atoms with van der Waals surface area (Å²) >= 11 is 3.51. The van der Waals surface area contributed by atoms with E-state index in [1.54, 1.807) is 0 Å². The molecule has 0 aromatic heterocycles. The van der Waals surface area contributed by atoms with Gasteiger partial charge in [0.25, 0.3) is 5.91 Å². The minimum absolute atomic E-state index is 0.160. The van der Waals surface area contributed by atoms with Crippen LogP contribution in [0.3, 0.4) is 0 Å². The second-order valence-electron chi connectivity index (χ2n) is 8.24. The average molecular weight is 512 g/mol. The van der Waals surface area contributed by atoms with Gasteiger partial charge in [-0.1, -0.05) is 39.3 Å². The highest BCUT2D eigenvalue weighted by atomic mass is 79.9. The van der Waals surface area contributed by atoms with E-state index < -0.39 is 0 Å². The summed E-state index contributed by atoms with van der Waals surface area (Å²) in [6.45, 7) is 5.97. The third-order valence-corrected chi connectivity index (χ3v) is 6.68. The quantitative estimate of drug-likeness (QED) is 0.313. The lowest BCUT2D eigenvalue weighted by Gasteiger charge is -2.33. The zero-order valence-electron chi connectivity index (χ0n) is 18.2. The lowest BCUT2D eigenvalue weighted by molar-refractivity contribution is -0.110. The number of β-amino-alcohol motifs (C(OH)–C–C–N with tert-alkyl or cyclic N) is 1. The number of nitrogens with one attached hydrogen (secondary N) is 2. The Labute approximate surface area is 201 Å². The second-order valence-corrected chi connectivity index (χ2v) is 9.16. The SMILES string of the molecule is O=C1Nc2ccc(Br)cc2/C1=C1/Nc2ccccc2/C1=N\OCCN1CCN(CCO)CC1. The smallest absolute Gasteiger partial charge is 0.258 e. The fourth-order valence-corrected chi connectivity index (χ4v) is 4.81. The summed E-state index contributed by atoms with van der Waals surface area (Å²) < 4.78 is 0.903. The molecule has 0 saturated carbocycles. The van der Waals surface area contributed by atoms with Crippen LogP contribution in [0.2, 0.25) is 0 Å². The minimum Gasteiger partial charge on any atom is -0.395 e. The van der Waals surface area contributed by atoms with Crippen molar-refractivity contribution in [3.8, 4) is 0 Å². The first kappa shape index (κ1) is 22.1. The van der Waals surface area contributed by atoms with E-state index in [0.717, 1.165) is 66.2 Å². The molecule has 1 saturated heterocycles. The highest BCUT2D eigenvalue weighted by molar-refractivity contribution is 9.10. The molecule has 3 aliphatic rings. The molecule has 0 aliphatic carbocycles. The molecular formula is C24H26BrN5O3. The second kappa shape index (κ2) is 9.64. The molecule has 33 heavy (non-hydrogen) atoms. The fraction of sp³-hybridized carbons (Fsp3) is 0.333. The summed E-state index contributed by atoms with van der Waals surface area (Å²) in [5.74, 6) is -0.160. The number of amides is 1. The van der Waals surface area contributed by atoms with E-state index in [2.05, 4.69) is 41.5 Å². The van der Waals surface area contributed by atoms with E-state index in [9.17, 15) is 4.79 Å². The van der Waals surface area contributed by atoms with E-state index in [1.807, 2.05) is 42.5 Å². The normalized spacial score (nSPS) is 21.6. The Hall–Kier alpha value is -2.72. The summed E-state index contributed by atoms with van der Waals surface area (Å²) in [7, 11) is 0. The van der Waals surface area contributed by atoms with Gasteiger partial charge >= 0.3 is 0 Å². The van der Waals surface area contributed by atoms with Gasteiger partial charge in [-0.15, -0.1) is 0 Å². The Kier molecular flexibility index (Phi) is 6.45. The number of hydrogen-bond acceptors (Lipinski definition) is 7. The van der Waals surface area contributed by atoms with Crippen molar-refractivity contribution in [1.29, 1.82) is 0 Å². The van der Waals surface area contributed by atoms with Crippen LogP contribution in [0.25, 0.3) is 5.57 Å². The molecule has 3 heterocycles. The number of oxime groups is 1. The van der Waals surface area contributed by atoms with Gasteiger partial charge in [0.15, 0.2) is 0 Å². The summed E-state index contributed by atoms with van der Waals surface area (Å²) in [4.78, 5) is 23.3. The van der Waals surface area contributed by atoms with Crippen molar-refractivity contribution in [3.63, 3.8) is 0 Å².